The van der Waals surface area contributed by atoms with Gasteiger partial charge in [0.05, 0.1) is 0 Å². The second-order valence-electron chi connectivity index (χ2n) is 3.10. The van der Waals surface area contributed by atoms with Gasteiger partial charge in [-0.15, -0.1) is 0 Å². The van der Waals surface area contributed by atoms with Gasteiger partial charge in [-0.2, -0.15) is 0 Å². The highest BCUT2D eigenvalue weighted by molar-refractivity contribution is 6.25. The average Bonchev–Trinajstić information content (AvgIpc) is 2.04. The van der Waals surface area contributed by atoms with Gasteiger partial charge in [0.2, 0.25) is 0 Å². The molecule has 0 aliphatic rings. The largest absolute Gasteiger partial charge is 0.313 e. The molecule has 0 aliphatic heterocycles. The molecule has 0 amide bonds. The van der Waals surface area contributed by atoms with Crippen molar-refractivity contribution < 1.29 is 0 Å². The van der Waals surface area contributed by atoms with E-state index < -0.39 is 0 Å². The molecule has 0 aromatic rings. The first kappa shape index (κ1) is 11.0. The van der Waals surface area contributed by atoms with Crippen LogP contribution in [0.4, 0.5) is 0 Å². The summed E-state index contributed by atoms with van der Waals surface area (Å²) in [4.78, 5) is 0. The van der Waals surface area contributed by atoms with E-state index in [-0.39, 0.29) is 0 Å². The maximum absolute atomic E-state index is 5.50. The van der Waals surface area contributed by atoms with Crippen molar-refractivity contribution in [3.05, 3.63) is 11.1 Å². The monoisotopic (exact) mass is 175 g/mol. The molecule has 0 aromatic heterocycles. The summed E-state index contributed by atoms with van der Waals surface area (Å²) in [6.45, 7) is 8.46. The highest BCUT2D eigenvalue weighted by Gasteiger charge is 1.96. The Labute approximate surface area is 74.8 Å². The Kier molecular flexibility index (Phi) is 6.68. The van der Waals surface area contributed by atoms with Gasteiger partial charge >= 0.3 is 0 Å². The van der Waals surface area contributed by atoms with E-state index in [1.165, 1.54) is 12.0 Å². The number of rotatable bonds is 5. The Morgan fingerprint density at radius 1 is 1.64 bits per heavy atom. The van der Waals surface area contributed by atoms with Gasteiger partial charge in [-0.3, -0.25) is 0 Å². The van der Waals surface area contributed by atoms with Crippen molar-refractivity contribution in [1.82, 2.24) is 5.32 Å². The van der Waals surface area contributed by atoms with E-state index in [0.29, 0.717) is 0 Å². The van der Waals surface area contributed by atoms with E-state index in [9.17, 15) is 0 Å². The summed E-state index contributed by atoms with van der Waals surface area (Å²) in [5, 5.41) is 3.33. The Bertz CT molecular complexity index is 121. The zero-order chi connectivity index (χ0) is 8.69. The minimum absolute atomic E-state index is 0.762. The van der Waals surface area contributed by atoms with E-state index in [1.807, 2.05) is 6.92 Å². The number of hydrogen-bond acceptors (Lipinski definition) is 1. The molecule has 2 heteroatoms. The molecule has 0 saturated heterocycles. The fourth-order valence-corrected chi connectivity index (χ4v) is 0.776. The Balaban J connectivity index is 3.27. The van der Waals surface area contributed by atoms with Crippen LogP contribution in [0.5, 0.6) is 0 Å². The third-order valence-electron chi connectivity index (χ3n) is 1.78. The Morgan fingerprint density at radius 2 is 2.27 bits per heavy atom. The second-order valence-corrected chi connectivity index (χ2v) is 3.32. The topological polar surface area (TPSA) is 12.0 Å². The maximum atomic E-state index is 5.50. The maximum Gasteiger partial charge on any atom is 0.0173 e. The van der Waals surface area contributed by atoms with Gasteiger partial charge in [0, 0.05) is 12.1 Å². The van der Waals surface area contributed by atoms with Crippen LogP contribution in [0.3, 0.4) is 0 Å². The van der Waals surface area contributed by atoms with Crippen molar-refractivity contribution in [2.75, 3.05) is 13.1 Å². The minimum atomic E-state index is 0.762. The summed E-state index contributed by atoms with van der Waals surface area (Å²) in [6.07, 6.45) is 1.23. The molecule has 0 fully saturated rings. The summed E-state index contributed by atoms with van der Waals surface area (Å²) in [5.41, 5.74) is 2.82. The molecular weight excluding hydrogens is 158 g/mol. The van der Waals surface area contributed by atoms with Crippen molar-refractivity contribution in [2.24, 2.45) is 5.92 Å². The lowest BCUT2D eigenvalue weighted by molar-refractivity contribution is 0.513. The Hall–Kier alpha value is -0.0100. The van der Waals surface area contributed by atoms with Crippen LogP contribution in [0.15, 0.2) is 11.1 Å². The van der Waals surface area contributed by atoms with Crippen LogP contribution < -0.4 is 5.32 Å². The number of nitrogens with one attached hydrogen (secondary N) is 1. The quantitative estimate of drug-likeness (QED) is 0.678. The highest BCUT2D eigenvalue weighted by atomic mass is 35.5. The molecule has 0 heterocycles. The zero-order valence-electron chi connectivity index (χ0n) is 7.65. The molecule has 0 saturated carbocycles. The minimum Gasteiger partial charge on any atom is -0.313 e. The van der Waals surface area contributed by atoms with E-state index >= 15 is 0 Å². The van der Waals surface area contributed by atoms with Crippen molar-refractivity contribution in [2.45, 2.75) is 27.2 Å². The van der Waals surface area contributed by atoms with E-state index in [4.69, 9.17) is 11.6 Å². The molecule has 1 atom stereocenters. The normalized spacial score (nSPS) is 15.1. The molecule has 0 aromatic carbocycles. The van der Waals surface area contributed by atoms with Gasteiger partial charge < -0.3 is 5.32 Å². The van der Waals surface area contributed by atoms with Crippen molar-refractivity contribution in [1.29, 1.82) is 0 Å². The van der Waals surface area contributed by atoms with Gasteiger partial charge in [-0.1, -0.05) is 31.9 Å². The molecule has 0 spiro atoms. The standard InChI is InChI=1S/C9H18ClN/c1-4-8(2)6-11-7-9(3)5-10/h5,8,11H,4,6-7H2,1-3H3. The van der Waals surface area contributed by atoms with Crippen LogP contribution in [-0.4, -0.2) is 13.1 Å². The van der Waals surface area contributed by atoms with Gasteiger partial charge in [0.25, 0.3) is 0 Å². The molecule has 0 rings (SSSR count). The molecular formula is C9H18ClN. The van der Waals surface area contributed by atoms with Gasteiger partial charge in [-0.05, 0) is 25.0 Å². The molecule has 0 radical (unpaired) electrons. The van der Waals surface area contributed by atoms with Gasteiger partial charge in [-0.25, -0.2) is 0 Å². The second kappa shape index (κ2) is 6.68. The third kappa shape index (κ3) is 6.39. The number of hydrogen-bond donors (Lipinski definition) is 1. The summed E-state index contributed by atoms with van der Waals surface area (Å²) < 4.78 is 0. The average molecular weight is 176 g/mol. The molecule has 1 unspecified atom stereocenters. The van der Waals surface area contributed by atoms with E-state index in [1.54, 1.807) is 5.54 Å². The molecule has 0 bridgehead atoms. The van der Waals surface area contributed by atoms with Crippen LogP contribution in [-0.2, 0) is 0 Å². The summed E-state index contributed by atoms with van der Waals surface area (Å²) in [6, 6.07) is 0. The fraction of sp³-hybridized carbons (Fsp3) is 0.778. The molecule has 11 heavy (non-hydrogen) atoms. The zero-order valence-corrected chi connectivity index (χ0v) is 8.41. The van der Waals surface area contributed by atoms with Crippen LogP contribution in [0.2, 0.25) is 0 Å². The SMILES string of the molecule is CCC(C)CNCC(C)=CCl. The fourth-order valence-electron chi connectivity index (χ4n) is 0.699. The first-order chi connectivity index (χ1) is 5.20. The first-order valence-electron chi connectivity index (χ1n) is 4.17. The summed E-state index contributed by atoms with van der Waals surface area (Å²) in [5.74, 6) is 0.762. The lowest BCUT2D eigenvalue weighted by Crippen LogP contribution is -2.22. The molecule has 66 valence electrons. The lowest BCUT2D eigenvalue weighted by Gasteiger charge is -2.09. The van der Waals surface area contributed by atoms with Crippen LogP contribution in [0, 0.1) is 5.92 Å². The summed E-state index contributed by atoms with van der Waals surface area (Å²) in [7, 11) is 0. The predicted molar refractivity (Wildman–Crippen MR) is 51.9 cm³/mol. The van der Waals surface area contributed by atoms with E-state index in [0.717, 1.165) is 19.0 Å². The van der Waals surface area contributed by atoms with Gasteiger partial charge in [0.1, 0.15) is 0 Å². The van der Waals surface area contributed by atoms with Crippen LogP contribution >= 0.6 is 11.6 Å². The van der Waals surface area contributed by atoms with Crippen LogP contribution in [0.25, 0.3) is 0 Å². The predicted octanol–water partition coefficient (Wildman–Crippen LogP) is 2.76. The highest BCUT2D eigenvalue weighted by Crippen LogP contribution is 1.98. The van der Waals surface area contributed by atoms with E-state index in [2.05, 4.69) is 19.2 Å². The Morgan fingerprint density at radius 3 is 2.73 bits per heavy atom. The van der Waals surface area contributed by atoms with Gasteiger partial charge in [0.15, 0.2) is 0 Å². The molecule has 0 aliphatic carbocycles. The smallest absolute Gasteiger partial charge is 0.0173 e. The molecule has 1 nitrogen and oxygen atoms in total. The van der Waals surface area contributed by atoms with Crippen molar-refractivity contribution in [3.8, 4) is 0 Å². The number of halogens is 1. The summed E-state index contributed by atoms with van der Waals surface area (Å²) >= 11 is 5.50. The van der Waals surface area contributed by atoms with Crippen molar-refractivity contribution >= 4 is 11.6 Å². The molecule has 1 N–H and O–H groups in total. The third-order valence-corrected chi connectivity index (χ3v) is 2.15. The first-order valence-corrected chi connectivity index (χ1v) is 4.60. The lowest BCUT2D eigenvalue weighted by atomic mass is 10.1. The van der Waals surface area contributed by atoms with Crippen LogP contribution in [0.1, 0.15) is 27.2 Å². The van der Waals surface area contributed by atoms with Crippen molar-refractivity contribution in [3.63, 3.8) is 0 Å².